The van der Waals surface area contributed by atoms with Crippen molar-refractivity contribution in [3.63, 3.8) is 0 Å². The van der Waals surface area contributed by atoms with Crippen molar-refractivity contribution in [2.24, 2.45) is 0 Å². The highest BCUT2D eigenvalue weighted by Gasteiger charge is 2.38. The Balaban J connectivity index is 1.69. The van der Waals surface area contributed by atoms with Crippen LogP contribution in [0.15, 0.2) is 42.5 Å². The number of carbonyl (C=O) groups excluding carboxylic acids is 2. The Morgan fingerprint density at radius 2 is 1.89 bits per heavy atom. The van der Waals surface area contributed by atoms with Crippen molar-refractivity contribution in [3.05, 3.63) is 59.2 Å². The molecule has 0 saturated heterocycles. The summed E-state index contributed by atoms with van der Waals surface area (Å²) in [5.41, 5.74) is 1.98. The van der Waals surface area contributed by atoms with E-state index in [-0.39, 0.29) is 17.6 Å². The Morgan fingerprint density at radius 3 is 2.54 bits per heavy atom. The van der Waals surface area contributed by atoms with E-state index in [1.54, 1.807) is 17.0 Å². The summed E-state index contributed by atoms with van der Waals surface area (Å²) in [6.07, 6.45) is -0.537. The predicted molar refractivity (Wildman–Crippen MR) is 129 cm³/mol. The number of ether oxygens (including phenoxy) is 1. The van der Waals surface area contributed by atoms with Gasteiger partial charge in [-0.25, -0.2) is 0 Å². The quantitative estimate of drug-likeness (QED) is 0.500. The van der Waals surface area contributed by atoms with Gasteiger partial charge in [0.25, 0.3) is 0 Å². The molecular weight excluding hydrogens is 457 g/mol. The second-order valence-corrected chi connectivity index (χ2v) is 8.98. The van der Waals surface area contributed by atoms with Gasteiger partial charge in [-0.3, -0.25) is 9.59 Å². The summed E-state index contributed by atoms with van der Waals surface area (Å²) in [6, 6.07) is 8.88. The van der Waals surface area contributed by atoms with Gasteiger partial charge in [0.05, 0.1) is 5.56 Å². The standard InChI is InChI=1S/C27H29F3N2O3/c1-4-26(5-2)16-17(19-11-10-18(27(28,29)30)15-23(19)35-26)14-24(33)31-21-8-7-9-22-20(21)12-13-25(34)32(22)6-3/h7-11,14-15H,4-6,12-13,16H2,1-3H3,(H,31,33). The first-order valence-corrected chi connectivity index (χ1v) is 11.9. The van der Waals surface area contributed by atoms with Gasteiger partial charge >= 0.3 is 6.18 Å². The number of halogens is 3. The number of hydrogen-bond donors (Lipinski definition) is 1. The minimum absolute atomic E-state index is 0.0538. The summed E-state index contributed by atoms with van der Waals surface area (Å²) in [5, 5.41) is 2.93. The van der Waals surface area contributed by atoms with Crippen molar-refractivity contribution < 1.29 is 27.5 Å². The number of amides is 2. The molecule has 2 aliphatic heterocycles. The third-order valence-corrected chi connectivity index (χ3v) is 6.99. The molecule has 1 N–H and O–H groups in total. The number of nitrogens with zero attached hydrogens (tertiary/aromatic N) is 1. The van der Waals surface area contributed by atoms with Gasteiger partial charge in [-0.15, -0.1) is 0 Å². The third-order valence-electron chi connectivity index (χ3n) is 6.99. The fourth-order valence-electron chi connectivity index (χ4n) is 4.92. The van der Waals surface area contributed by atoms with Gasteiger partial charge in [0.1, 0.15) is 11.4 Å². The van der Waals surface area contributed by atoms with E-state index in [2.05, 4.69) is 5.32 Å². The van der Waals surface area contributed by atoms with E-state index >= 15 is 0 Å². The van der Waals surface area contributed by atoms with Crippen molar-refractivity contribution in [2.45, 2.75) is 64.7 Å². The molecule has 0 spiro atoms. The average Bonchev–Trinajstić information content (AvgIpc) is 2.83. The number of anilines is 2. The molecule has 186 valence electrons. The molecule has 2 aliphatic rings. The monoisotopic (exact) mass is 486 g/mol. The minimum Gasteiger partial charge on any atom is -0.486 e. The van der Waals surface area contributed by atoms with Crippen LogP contribution in [-0.4, -0.2) is 24.0 Å². The maximum Gasteiger partial charge on any atom is 0.416 e. The molecule has 0 atom stereocenters. The van der Waals surface area contributed by atoms with E-state index in [0.717, 1.165) is 23.4 Å². The van der Waals surface area contributed by atoms with Crippen LogP contribution < -0.4 is 15.0 Å². The molecule has 35 heavy (non-hydrogen) atoms. The molecule has 2 aromatic carbocycles. The first-order valence-electron chi connectivity index (χ1n) is 11.9. The zero-order chi connectivity index (χ0) is 25.4. The van der Waals surface area contributed by atoms with Crippen molar-refractivity contribution >= 4 is 28.8 Å². The lowest BCUT2D eigenvalue weighted by Gasteiger charge is -2.39. The normalized spacial score (nSPS) is 18.1. The predicted octanol–water partition coefficient (Wildman–Crippen LogP) is 6.37. The van der Waals surface area contributed by atoms with E-state index in [9.17, 15) is 22.8 Å². The van der Waals surface area contributed by atoms with Gasteiger partial charge < -0.3 is 15.0 Å². The van der Waals surface area contributed by atoms with Crippen molar-refractivity contribution in [2.75, 3.05) is 16.8 Å². The van der Waals surface area contributed by atoms with Gasteiger partial charge in [0, 0.05) is 42.4 Å². The first kappa shape index (κ1) is 24.8. The zero-order valence-corrected chi connectivity index (χ0v) is 20.1. The van der Waals surface area contributed by atoms with Crippen LogP contribution in [0, 0.1) is 0 Å². The van der Waals surface area contributed by atoms with E-state index in [0.29, 0.717) is 55.5 Å². The summed E-state index contributed by atoms with van der Waals surface area (Å²) in [5.74, 6) is -0.177. The molecule has 2 aromatic rings. The number of carbonyl (C=O) groups is 2. The fraction of sp³-hybridized carbons (Fsp3) is 0.407. The van der Waals surface area contributed by atoms with Gasteiger partial charge in [-0.1, -0.05) is 26.0 Å². The number of benzene rings is 2. The lowest BCUT2D eigenvalue weighted by Crippen LogP contribution is -2.38. The van der Waals surface area contributed by atoms with E-state index < -0.39 is 17.3 Å². The second kappa shape index (κ2) is 9.40. The van der Waals surface area contributed by atoms with Crippen molar-refractivity contribution in [1.82, 2.24) is 0 Å². The fourth-order valence-corrected chi connectivity index (χ4v) is 4.92. The number of rotatable bonds is 5. The molecule has 0 unspecified atom stereocenters. The lowest BCUT2D eigenvalue weighted by molar-refractivity contribution is -0.137. The van der Waals surface area contributed by atoms with Gasteiger partial charge in [0.15, 0.2) is 0 Å². The molecule has 0 saturated carbocycles. The summed E-state index contributed by atoms with van der Waals surface area (Å²) in [4.78, 5) is 27.1. The second-order valence-electron chi connectivity index (χ2n) is 8.98. The van der Waals surface area contributed by atoms with E-state index in [1.807, 2.05) is 26.8 Å². The van der Waals surface area contributed by atoms with Crippen LogP contribution in [0.5, 0.6) is 5.75 Å². The van der Waals surface area contributed by atoms with E-state index in [4.69, 9.17) is 4.74 Å². The minimum atomic E-state index is -4.49. The highest BCUT2D eigenvalue weighted by molar-refractivity contribution is 6.06. The van der Waals surface area contributed by atoms with Crippen LogP contribution in [-0.2, 0) is 22.2 Å². The topological polar surface area (TPSA) is 58.6 Å². The lowest BCUT2D eigenvalue weighted by atomic mass is 9.82. The zero-order valence-electron chi connectivity index (χ0n) is 20.1. The molecule has 0 aromatic heterocycles. The van der Waals surface area contributed by atoms with Crippen molar-refractivity contribution in [3.8, 4) is 5.75 Å². The summed E-state index contributed by atoms with van der Waals surface area (Å²) in [7, 11) is 0. The number of alkyl halides is 3. The molecule has 2 heterocycles. The van der Waals surface area contributed by atoms with E-state index in [1.165, 1.54) is 12.1 Å². The molecule has 0 bridgehead atoms. The van der Waals surface area contributed by atoms with Crippen LogP contribution in [0.1, 0.15) is 63.1 Å². The Bertz CT molecular complexity index is 1180. The van der Waals surface area contributed by atoms with Gasteiger partial charge in [0.2, 0.25) is 11.8 Å². The highest BCUT2D eigenvalue weighted by atomic mass is 19.4. The summed E-state index contributed by atoms with van der Waals surface area (Å²) in [6.45, 7) is 6.30. The maximum absolute atomic E-state index is 13.3. The summed E-state index contributed by atoms with van der Waals surface area (Å²) >= 11 is 0. The van der Waals surface area contributed by atoms with Crippen LogP contribution >= 0.6 is 0 Å². The maximum atomic E-state index is 13.3. The average molecular weight is 487 g/mol. The van der Waals surface area contributed by atoms with Crippen LogP contribution in [0.3, 0.4) is 0 Å². The number of nitrogens with one attached hydrogen (secondary N) is 1. The van der Waals surface area contributed by atoms with Crippen LogP contribution in [0.25, 0.3) is 5.57 Å². The van der Waals surface area contributed by atoms with Gasteiger partial charge in [-0.05, 0) is 61.6 Å². The molecular formula is C27H29F3N2O3. The van der Waals surface area contributed by atoms with Crippen molar-refractivity contribution in [1.29, 1.82) is 0 Å². The molecule has 0 aliphatic carbocycles. The SMILES string of the molecule is CCN1C(=O)CCc2c(NC(=O)C=C3CC(CC)(CC)Oc4cc(C(F)(F)F)ccc43)cccc21. The highest BCUT2D eigenvalue weighted by Crippen LogP contribution is 2.45. The number of fused-ring (bicyclic) bond motifs is 2. The Hall–Kier alpha value is -3.29. The molecule has 2 amide bonds. The molecule has 0 fully saturated rings. The first-order chi connectivity index (χ1) is 16.6. The number of hydrogen-bond acceptors (Lipinski definition) is 3. The molecule has 5 nitrogen and oxygen atoms in total. The Labute approximate surface area is 203 Å². The Kier molecular flexibility index (Phi) is 6.66. The largest absolute Gasteiger partial charge is 0.486 e. The van der Waals surface area contributed by atoms with Crippen LogP contribution in [0.4, 0.5) is 24.5 Å². The smallest absolute Gasteiger partial charge is 0.416 e. The summed E-state index contributed by atoms with van der Waals surface area (Å²) < 4.78 is 46.0. The Morgan fingerprint density at radius 1 is 1.14 bits per heavy atom. The molecule has 0 radical (unpaired) electrons. The van der Waals surface area contributed by atoms with Gasteiger partial charge in [-0.2, -0.15) is 13.2 Å². The van der Waals surface area contributed by atoms with Crippen LogP contribution in [0.2, 0.25) is 0 Å². The molecule has 4 rings (SSSR count). The molecule has 8 heteroatoms. The third kappa shape index (κ3) is 4.79.